The molecule has 1 aromatic carbocycles. The first kappa shape index (κ1) is 19.0. The minimum absolute atomic E-state index is 0. The van der Waals surface area contributed by atoms with Gasteiger partial charge in [0.05, 0.1) is 0 Å². The van der Waals surface area contributed by atoms with Crippen LogP contribution in [0.3, 0.4) is 0 Å². The van der Waals surface area contributed by atoms with Gasteiger partial charge in [-0.1, -0.05) is 28.1 Å². The van der Waals surface area contributed by atoms with E-state index in [4.69, 9.17) is 5.73 Å². The first-order valence-electron chi connectivity index (χ1n) is 5.02. The molecule has 1 saturated carbocycles. The van der Waals surface area contributed by atoms with E-state index in [1.165, 1.54) is 25.0 Å². The number of halogens is 5. The van der Waals surface area contributed by atoms with Crippen LogP contribution < -0.4 is 57.1 Å². The second-order valence-electron chi connectivity index (χ2n) is 3.79. The van der Waals surface area contributed by atoms with Crippen molar-refractivity contribution in [3.8, 4) is 0 Å². The smallest absolute Gasteiger partial charge is 0.328 e. The van der Waals surface area contributed by atoms with Crippen molar-refractivity contribution in [1.29, 1.82) is 0 Å². The maximum atomic E-state index is 12.6. The molecule has 1 unspecified atom stereocenters. The summed E-state index contributed by atoms with van der Waals surface area (Å²) in [5.41, 5.74) is 4.84. The average molecular weight is 354 g/mol. The summed E-state index contributed by atoms with van der Waals surface area (Å²) in [7, 11) is 0. The van der Waals surface area contributed by atoms with E-state index < -0.39 is 12.3 Å². The summed E-state index contributed by atoms with van der Waals surface area (Å²) in [5, 5.41) is 0. The van der Waals surface area contributed by atoms with E-state index in [0.717, 1.165) is 12.1 Å². The Morgan fingerprint density at radius 3 is 1.89 bits per heavy atom. The molecule has 1 aliphatic rings. The van der Waals surface area contributed by atoms with Gasteiger partial charge in [0, 0.05) is 10.5 Å². The Bertz CT molecular complexity index is 357. The van der Waals surface area contributed by atoms with E-state index in [1.807, 2.05) is 0 Å². The van der Waals surface area contributed by atoms with Crippen molar-refractivity contribution < 1.29 is 70.4 Å². The van der Waals surface area contributed by atoms with Crippen molar-refractivity contribution in [1.82, 2.24) is 0 Å². The minimum Gasteiger partial charge on any atom is -0.328 e. The topological polar surface area (TPSA) is 26.0 Å². The standard InChI is InChI=1S/C8H5BrF4.C3H7N.K/c9-6-3-1-5(2-4-6)7(10)8(11,12)13;4-3-1-2-3;/h1-4,7H;3H,1-2,4H2;/q;;+1/p+1. The molecule has 0 aliphatic heterocycles. The molecule has 7 heteroatoms. The number of nitrogens with two attached hydrogens (primary N) is 1. The number of alkyl halides is 4. The molecule has 0 radical (unpaired) electrons. The van der Waals surface area contributed by atoms with Crippen LogP contribution in [-0.2, 0) is 0 Å². The molecule has 0 saturated heterocycles. The maximum absolute atomic E-state index is 12.6. The van der Waals surface area contributed by atoms with Crippen molar-refractivity contribution in [3.63, 3.8) is 0 Å². The molecule has 0 bridgehead atoms. The van der Waals surface area contributed by atoms with Crippen LogP contribution in [0.15, 0.2) is 28.7 Å². The van der Waals surface area contributed by atoms with Gasteiger partial charge >= 0.3 is 59.0 Å². The Hall–Kier alpha value is 1.02. The van der Waals surface area contributed by atoms with E-state index in [1.54, 1.807) is 0 Å². The zero-order valence-electron chi connectivity index (χ0n) is 10.8. The Labute approximate surface area is 156 Å². The Balaban J connectivity index is 0. The van der Waals surface area contributed by atoms with Crippen LogP contribution in [0.1, 0.15) is 26.0 Å². The SMILES string of the molecule is FC(c1ccc(Br)cc1)C(F)(F)F.NC1CC1.[H+].[K+]. The predicted molar refractivity (Wildman–Crippen MR) is 62.4 cm³/mol. The van der Waals surface area contributed by atoms with E-state index in [-0.39, 0.29) is 58.4 Å². The minimum atomic E-state index is -4.83. The quantitative estimate of drug-likeness (QED) is 0.596. The van der Waals surface area contributed by atoms with Crippen molar-refractivity contribution in [2.45, 2.75) is 31.2 Å². The second-order valence-corrected chi connectivity index (χ2v) is 4.71. The van der Waals surface area contributed by atoms with E-state index in [0.29, 0.717) is 10.5 Å². The summed E-state index contributed by atoms with van der Waals surface area (Å²) in [4.78, 5) is 0. The fraction of sp³-hybridized carbons (Fsp3) is 0.455. The van der Waals surface area contributed by atoms with Crippen LogP contribution in [0.25, 0.3) is 0 Å². The van der Waals surface area contributed by atoms with Gasteiger partial charge in [-0.25, -0.2) is 4.39 Å². The third-order valence-corrected chi connectivity index (χ3v) is 2.60. The summed E-state index contributed by atoms with van der Waals surface area (Å²) in [6.07, 6.45) is -5.20. The summed E-state index contributed by atoms with van der Waals surface area (Å²) in [6, 6.07) is 5.52. The van der Waals surface area contributed by atoms with Gasteiger partial charge in [0.25, 0.3) is 0 Å². The van der Waals surface area contributed by atoms with Gasteiger partial charge in [-0.05, 0) is 30.5 Å². The Morgan fingerprint density at radius 2 is 1.61 bits per heavy atom. The van der Waals surface area contributed by atoms with Crippen molar-refractivity contribution in [2.75, 3.05) is 0 Å². The second kappa shape index (κ2) is 8.34. The third kappa shape index (κ3) is 7.57. The fourth-order valence-electron chi connectivity index (χ4n) is 0.917. The van der Waals surface area contributed by atoms with Gasteiger partial charge in [-0.2, -0.15) is 13.2 Å². The van der Waals surface area contributed by atoms with Crippen LogP contribution in [0.5, 0.6) is 0 Å². The van der Waals surface area contributed by atoms with Gasteiger partial charge in [0.1, 0.15) is 0 Å². The molecule has 2 N–H and O–H groups in total. The molecule has 0 spiro atoms. The number of hydrogen-bond donors (Lipinski definition) is 1. The molecular weight excluding hydrogens is 341 g/mol. The molecule has 1 nitrogen and oxygen atoms in total. The first-order chi connectivity index (χ1) is 7.80. The molecule has 1 aliphatic carbocycles. The monoisotopic (exact) mass is 353 g/mol. The van der Waals surface area contributed by atoms with Crippen molar-refractivity contribution in [3.05, 3.63) is 34.3 Å². The average Bonchev–Trinajstić information content (AvgIpc) is 3.00. The van der Waals surface area contributed by atoms with Gasteiger partial charge in [-0.15, -0.1) is 0 Å². The third-order valence-electron chi connectivity index (χ3n) is 2.07. The molecule has 0 amide bonds. The summed E-state index contributed by atoms with van der Waals surface area (Å²) in [5.74, 6) is 0. The van der Waals surface area contributed by atoms with Crippen molar-refractivity contribution in [2.24, 2.45) is 5.73 Å². The summed E-state index contributed by atoms with van der Waals surface area (Å²) in [6.45, 7) is 0. The zero-order valence-corrected chi connectivity index (χ0v) is 14.6. The van der Waals surface area contributed by atoms with Crippen LogP contribution in [0.4, 0.5) is 17.6 Å². The van der Waals surface area contributed by atoms with Crippen LogP contribution in [-0.4, -0.2) is 12.2 Å². The van der Waals surface area contributed by atoms with Gasteiger partial charge in [0.2, 0.25) is 6.17 Å². The molecule has 2 rings (SSSR count). The first-order valence-corrected chi connectivity index (χ1v) is 5.82. The zero-order chi connectivity index (χ0) is 13.1. The molecular formula is C11H13BrF4KN+2. The maximum Gasteiger partial charge on any atom is 1.00 e. The van der Waals surface area contributed by atoms with Gasteiger partial charge < -0.3 is 5.73 Å². The fourth-order valence-corrected chi connectivity index (χ4v) is 1.18. The van der Waals surface area contributed by atoms with E-state index in [2.05, 4.69) is 15.9 Å². The van der Waals surface area contributed by atoms with Crippen LogP contribution in [0.2, 0.25) is 0 Å². The number of benzene rings is 1. The number of hydrogen-bond acceptors (Lipinski definition) is 1. The van der Waals surface area contributed by atoms with Gasteiger partial charge in [0.15, 0.2) is 0 Å². The molecule has 0 heterocycles. The Kier molecular flexibility index (Phi) is 8.81. The predicted octanol–water partition coefficient (Wildman–Crippen LogP) is 1.25. The molecule has 1 atom stereocenters. The molecule has 18 heavy (non-hydrogen) atoms. The normalized spacial score (nSPS) is 16.1. The number of rotatable bonds is 1. The van der Waals surface area contributed by atoms with Crippen LogP contribution in [0, 0.1) is 0 Å². The Morgan fingerprint density at radius 1 is 1.22 bits per heavy atom. The van der Waals surface area contributed by atoms with Gasteiger partial charge in [-0.3, -0.25) is 0 Å². The van der Waals surface area contributed by atoms with E-state index in [9.17, 15) is 17.6 Å². The molecule has 1 aromatic rings. The van der Waals surface area contributed by atoms with Crippen LogP contribution >= 0.6 is 15.9 Å². The molecule has 1 fully saturated rings. The van der Waals surface area contributed by atoms with Crippen molar-refractivity contribution >= 4 is 15.9 Å². The molecule has 0 aromatic heterocycles. The summed E-state index contributed by atoms with van der Waals surface area (Å²) < 4.78 is 48.8. The largest absolute Gasteiger partial charge is 1.00 e. The molecule has 96 valence electrons. The van der Waals surface area contributed by atoms with E-state index >= 15 is 0 Å². The summed E-state index contributed by atoms with van der Waals surface area (Å²) >= 11 is 3.04.